The third-order valence-electron chi connectivity index (χ3n) is 2.07. The maximum absolute atomic E-state index is 10.00. The van der Waals surface area contributed by atoms with Crippen LogP contribution >= 0.6 is 0 Å². The van der Waals surface area contributed by atoms with Crippen molar-refractivity contribution in [1.29, 1.82) is 0 Å². The minimum atomic E-state index is -1.24. The Morgan fingerprint density at radius 2 is 2.08 bits per heavy atom. The second kappa shape index (κ2) is 2.85. The average Bonchev–Trinajstić information content (AvgIpc) is 2.49. The van der Waals surface area contributed by atoms with Crippen LogP contribution in [0.2, 0.25) is 0 Å². The number of benzene rings is 1. The zero-order valence-electron chi connectivity index (χ0n) is 7.40. The summed E-state index contributed by atoms with van der Waals surface area (Å²) in [6, 6.07) is 9.28. The van der Waals surface area contributed by atoms with E-state index in [9.17, 15) is 5.11 Å². The second-order valence-corrected chi connectivity index (χ2v) is 3.25. The van der Waals surface area contributed by atoms with Gasteiger partial charge in [-0.1, -0.05) is 35.5 Å². The molecule has 3 nitrogen and oxygen atoms in total. The van der Waals surface area contributed by atoms with Gasteiger partial charge in [0.15, 0.2) is 0 Å². The molecular formula is C10H11NO2. The van der Waals surface area contributed by atoms with Gasteiger partial charge in [0.25, 0.3) is 5.79 Å². The molecule has 13 heavy (non-hydrogen) atoms. The highest BCUT2D eigenvalue weighted by Gasteiger charge is 2.36. The van der Waals surface area contributed by atoms with Gasteiger partial charge < -0.3 is 9.94 Å². The lowest BCUT2D eigenvalue weighted by Crippen LogP contribution is -2.24. The summed E-state index contributed by atoms with van der Waals surface area (Å²) < 4.78 is 0. The van der Waals surface area contributed by atoms with Crippen molar-refractivity contribution in [1.82, 2.24) is 0 Å². The van der Waals surface area contributed by atoms with Crippen molar-refractivity contribution in [2.75, 3.05) is 0 Å². The molecule has 1 N–H and O–H groups in total. The number of nitrogens with zero attached hydrogens (tertiary/aromatic N) is 1. The maximum Gasteiger partial charge on any atom is 0.266 e. The van der Waals surface area contributed by atoms with E-state index in [1.807, 2.05) is 37.3 Å². The van der Waals surface area contributed by atoms with Gasteiger partial charge in [-0.15, -0.1) is 0 Å². The summed E-state index contributed by atoms with van der Waals surface area (Å²) in [7, 11) is 0. The molecule has 1 heterocycles. The van der Waals surface area contributed by atoms with Gasteiger partial charge in [-0.25, -0.2) is 0 Å². The molecule has 0 fully saturated rings. The van der Waals surface area contributed by atoms with Crippen LogP contribution in [-0.4, -0.2) is 10.8 Å². The number of oxime groups is 1. The fraction of sp³-hybridized carbons (Fsp3) is 0.300. The molecule has 0 aromatic heterocycles. The van der Waals surface area contributed by atoms with Crippen molar-refractivity contribution in [2.24, 2.45) is 5.16 Å². The fourth-order valence-electron chi connectivity index (χ4n) is 1.42. The quantitative estimate of drug-likeness (QED) is 0.708. The van der Waals surface area contributed by atoms with Crippen LogP contribution in [0.3, 0.4) is 0 Å². The van der Waals surface area contributed by atoms with Gasteiger partial charge in [-0.3, -0.25) is 0 Å². The number of hydrogen-bond acceptors (Lipinski definition) is 3. The standard InChI is InChI=1S/C10H11NO2/c1-8-7-10(12,13-11-8)9-5-3-2-4-6-9/h2-6,12H,7H2,1H3. The van der Waals surface area contributed by atoms with E-state index in [1.165, 1.54) is 0 Å². The van der Waals surface area contributed by atoms with Crippen molar-refractivity contribution >= 4 is 5.71 Å². The first-order valence-electron chi connectivity index (χ1n) is 4.20. The smallest absolute Gasteiger partial charge is 0.266 e. The summed E-state index contributed by atoms with van der Waals surface area (Å²) in [6.45, 7) is 1.83. The van der Waals surface area contributed by atoms with Gasteiger partial charge in [0.2, 0.25) is 0 Å². The van der Waals surface area contributed by atoms with Crippen molar-refractivity contribution in [2.45, 2.75) is 19.1 Å². The monoisotopic (exact) mass is 177 g/mol. The predicted molar refractivity (Wildman–Crippen MR) is 49.1 cm³/mol. The van der Waals surface area contributed by atoms with Crippen LogP contribution in [0.15, 0.2) is 35.5 Å². The third-order valence-corrected chi connectivity index (χ3v) is 2.07. The number of hydrogen-bond donors (Lipinski definition) is 1. The predicted octanol–water partition coefficient (Wildman–Crippen LogP) is 1.63. The average molecular weight is 177 g/mol. The molecule has 1 aromatic rings. The van der Waals surface area contributed by atoms with Crippen molar-refractivity contribution in [3.8, 4) is 0 Å². The fourth-order valence-corrected chi connectivity index (χ4v) is 1.42. The van der Waals surface area contributed by atoms with Crippen LogP contribution in [0.1, 0.15) is 18.9 Å². The minimum absolute atomic E-state index is 0.441. The first-order valence-corrected chi connectivity index (χ1v) is 4.20. The first-order chi connectivity index (χ1) is 6.21. The van der Waals surface area contributed by atoms with Crippen LogP contribution in [0.25, 0.3) is 0 Å². The summed E-state index contributed by atoms with van der Waals surface area (Å²) in [5.41, 5.74) is 1.56. The minimum Gasteiger partial charge on any atom is -0.355 e. The molecule has 3 heteroatoms. The lowest BCUT2D eigenvalue weighted by molar-refractivity contribution is -0.193. The molecule has 1 aromatic carbocycles. The van der Waals surface area contributed by atoms with Gasteiger partial charge in [0.1, 0.15) is 0 Å². The van der Waals surface area contributed by atoms with Crippen LogP contribution in [-0.2, 0) is 10.6 Å². The van der Waals surface area contributed by atoms with E-state index in [2.05, 4.69) is 5.16 Å². The topological polar surface area (TPSA) is 41.8 Å². The van der Waals surface area contributed by atoms with E-state index in [-0.39, 0.29) is 0 Å². The number of aliphatic hydroxyl groups is 1. The molecule has 0 saturated heterocycles. The zero-order chi connectivity index (χ0) is 9.31. The Labute approximate surface area is 76.6 Å². The Bertz CT molecular complexity index is 334. The Kier molecular flexibility index (Phi) is 1.81. The number of rotatable bonds is 1. The maximum atomic E-state index is 10.00. The lowest BCUT2D eigenvalue weighted by atomic mass is 10.0. The normalized spacial score (nSPS) is 26.8. The second-order valence-electron chi connectivity index (χ2n) is 3.25. The molecule has 1 aliphatic rings. The van der Waals surface area contributed by atoms with E-state index in [4.69, 9.17) is 4.84 Å². The lowest BCUT2D eigenvalue weighted by Gasteiger charge is -2.19. The van der Waals surface area contributed by atoms with Gasteiger partial charge in [0.05, 0.1) is 12.1 Å². The molecule has 0 radical (unpaired) electrons. The molecule has 68 valence electrons. The molecule has 0 saturated carbocycles. The molecule has 0 amide bonds. The Hall–Kier alpha value is -1.35. The van der Waals surface area contributed by atoms with Gasteiger partial charge >= 0.3 is 0 Å². The highest BCUT2D eigenvalue weighted by Crippen LogP contribution is 2.31. The summed E-state index contributed by atoms with van der Waals surface area (Å²) in [5, 5.41) is 13.7. The van der Waals surface area contributed by atoms with E-state index < -0.39 is 5.79 Å². The van der Waals surface area contributed by atoms with Crippen molar-refractivity contribution in [3.05, 3.63) is 35.9 Å². The molecule has 1 atom stereocenters. The molecule has 1 aliphatic heterocycles. The van der Waals surface area contributed by atoms with Gasteiger partial charge in [-0.05, 0) is 6.92 Å². The van der Waals surface area contributed by atoms with Crippen LogP contribution in [0.5, 0.6) is 0 Å². The molecule has 0 aliphatic carbocycles. The van der Waals surface area contributed by atoms with E-state index in [0.717, 1.165) is 11.3 Å². The first kappa shape index (κ1) is 8.26. The highest BCUT2D eigenvalue weighted by molar-refractivity contribution is 5.83. The largest absolute Gasteiger partial charge is 0.355 e. The Morgan fingerprint density at radius 3 is 2.62 bits per heavy atom. The van der Waals surface area contributed by atoms with E-state index in [0.29, 0.717) is 6.42 Å². The van der Waals surface area contributed by atoms with Crippen molar-refractivity contribution in [3.63, 3.8) is 0 Å². The van der Waals surface area contributed by atoms with Crippen LogP contribution in [0.4, 0.5) is 0 Å². The molecular weight excluding hydrogens is 166 g/mol. The molecule has 0 bridgehead atoms. The highest BCUT2D eigenvalue weighted by atomic mass is 16.7. The molecule has 1 unspecified atom stereocenters. The third kappa shape index (κ3) is 1.42. The summed E-state index contributed by atoms with van der Waals surface area (Å²) >= 11 is 0. The van der Waals surface area contributed by atoms with Crippen LogP contribution in [0, 0.1) is 0 Å². The summed E-state index contributed by atoms with van der Waals surface area (Å²) in [6.07, 6.45) is 0.441. The molecule has 2 rings (SSSR count). The summed E-state index contributed by atoms with van der Waals surface area (Å²) in [5.74, 6) is -1.24. The summed E-state index contributed by atoms with van der Waals surface area (Å²) in [4.78, 5) is 4.98. The van der Waals surface area contributed by atoms with Crippen LogP contribution < -0.4 is 0 Å². The van der Waals surface area contributed by atoms with Gasteiger partial charge in [0, 0.05) is 5.56 Å². The Balaban J connectivity index is 2.28. The zero-order valence-corrected chi connectivity index (χ0v) is 7.40. The molecule has 0 spiro atoms. The van der Waals surface area contributed by atoms with Gasteiger partial charge in [-0.2, -0.15) is 0 Å². The van der Waals surface area contributed by atoms with E-state index >= 15 is 0 Å². The van der Waals surface area contributed by atoms with Crippen molar-refractivity contribution < 1.29 is 9.94 Å². The SMILES string of the molecule is CC1=NOC(O)(c2ccccc2)C1. The Morgan fingerprint density at radius 1 is 1.38 bits per heavy atom. The van der Waals surface area contributed by atoms with E-state index in [1.54, 1.807) is 0 Å².